The summed E-state index contributed by atoms with van der Waals surface area (Å²) >= 11 is 4.80. The Morgan fingerprint density at radius 2 is 2.33 bits per heavy atom. The van der Waals surface area contributed by atoms with Crippen molar-refractivity contribution in [1.29, 1.82) is 0 Å². The highest BCUT2D eigenvalue weighted by atomic mass is 79.9. The van der Waals surface area contributed by atoms with Crippen LogP contribution in [0.3, 0.4) is 0 Å². The van der Waals surface area contributed by atoms with Crippen LogP contribution in [0.4, 0.5) is 0 Å². The molecule has 1 aromatic heterocycles. The number of carbonyl (C=O) groups is 2. The number of ether oxygens (including phenoxy) is 1. The number of halogens is 1. The lowest BCUT2D eigenvalue weighted by Gasteiger charge is -2.07. The van der Waals surface area contributed by atoms with Gasteiger partial charge in [0.1, 0.15) is 0 Å². The first-order valence-corrected chi connectivity index (χ1v) is 6.61. The number of amides is 1. The van der Waals surface area contributed by atoms with E-state index < -0.39 is 12.1 Å². The Balaban J connectivity index is 2.38. The molecule has 0 aliphatic carbocycles. The van der Waals surface area contributed by atoms with Gasteiger partial charge in [-0.05, 0) is 34.1 Å². The van der Waals surface area contributed by atoms with E-state index in [4.69, 9.17) is 0 Å². The summed E-state index contributed by atoms with van der Waals surface area (Å²) in [5, 5.41) is 11.6. The van der Waals surface area contributed by atoms with Crippen molar-refractivity contribution < 1.29 is 19.4 Å². The molecule has 0 aliphatic heterocycles. The standard InChI is InChI=1S/C11H12BrNO4S/c1-17-11(16)8(14)6-13-10(15)5-3-7-2-4-9(12)18-7/h2-5,8,14H,6H2,1H3,(H,13,15)/b5-3+. The van der Waals surface area contributed by atoms with Gasteiger partial charge in [-0.15, -0.1) is 11.3 Å². The van der Waals surface area contributed by atoms with Crippen LogP contribution in [0.15, 0.2) is 22.0 Å². The summed E-state index contributed by atoms with van der Waals surface area (Å²) in [5.74, 6) is -1.16. The molecule has 0 aromatic carbocycles. The maximum Gasteiger partial charge on any atom is 0.336 e. The molecule has 0 saturated heterocycles. The Labute approximate surface area is 117 Å². The highest BCUT2D eigenvalue weighted by molar-refractivity contribution is 9.11. The Morgan fingerprint density at radius 3 is 2.89 bits per heavy atom. The van der Waals surface area contributed by atoms with E-state index in [0.717, 1.165) is 8.66 Å². The molecule has 1 atom stereocenters. The van der Waals surface area contributed by atoms with E-state index >= 15 is 0 Å². The van der Waals surface area contributed by atoms with Crippen LogP contribution in [-0.2, 0) is 14.3 Å². The second-order valence-electron chi connectivity index (χ2n) is 3.26. The molecule has 0 aliphatic rings. The normalized spacial score (nSPS) is 12.4. The molecule has 1 amide bonds. The van der Waals surface area contributed by atoms with Gasteiger partial charge in [0, 0.05) is 11.0 Å². The molecule has 2 N–H and O–H groups in total. The third kappa shape index (κ3) is 4.99. The monoisotopic (exact) mass is 333 g/mol. The van der Waals surface area contributed by atoms with E-state index in [2.05, 4.69) is 26.0 Å². The molecule has 0 bridgehead atoms. The number of aliphatic hydroxyl groups is 1. The predicted molar refractivity (Wildman–Crippen MR) is 72.1 cm³/mol. The predicted octanol–water partition coefficient (Wildman–Crippen LogP) is 1.17. The van der Waals surface area contributed by atoms with E-state index in [1.54, 1.807) is 6.08 Å². The number of rotatable bonds is 5. The number of hydrogen-bond donors (Lipinski definition) is 2. The fraction of sp³-hybridized carbons (Fsp3) is 0.273. The maximum atomic E-state index is 11.4. The third-order valence-electron chi connectivity index (χ3n) is 1.94. The van der Waals surface area contributed by atoms with Crippen LogP contribution < -0.4 is 5.32 Å². The van der Waals surface area contributed by atoms with Crippen LogP contribution in [0.1, 0.15) is 4.88 Å². The van der Waals surface area contributed by atoms with E-state index in [1.165, 1.54) is 24.5 Å². The molecular weight excluding hydrogens is 322 g/mol. The summed E-state index contributed by atoms with van der Waals surface area (Å²) in [6, 6.07) is 3.74. The lowest BCUT2D eigenvalue weighted by Crippen LogP contribution is -2.36. The number of nitrogens with one attached hydrogen (secondary N) is 1. The smallest absolute Gasteiger partial charge is 0.336 e. The van der Waals surface area contributed by atoms with Gasteiger partial charge in [0.15, 0.2) is 6.10 Å². The summed E-state index contributed by atoms with van der Waals surface area (Å²) in [4.78, 5) is 23.2. The van der Waals surface area contributed by atoms with Crippen LogP contribution >= 0.6 is 27.3 Å². The van der Waals surface area contributed by atoms with Crippen molar-refractivity contribution in [2.75, 3.05) is 13.7 Å². The van der Waals surface area contributed by atoms with Crippen molar-refractivity contribution in [1.82, 2.24) is 5.32 Å². The molecule has 1 aromatic rings. The third-order valence-corrected chi connectivity index (χ3v) is 3.52. The summed E-state index contributed by atoms with van der Waals surface area (Å²) in [7, 11) is 1.17. The fourth-order valence-electron chi connectivity index (χ4n) is 1.05. The Bertz CT molecular complexity index is 458. The zero-order valence-electron chi connectivity index (χ0n) is 9.55. The summed E-state index contributed by atoms with van der Waals surface area (Å²) < 4.78 is 5.29. The van der Waals surface area contributed by atoms with E-state index in [1.807, 2.05) is 12.1 Å². The second-order valence-corrected chi connectivity index (χ2v) is 5.75. The van der Waals surface area contributed by atoms with Crippen LogP contribution in [-0.4, -0.2) is 36.7 Å². The first kappa shape index (κ1) is 14.9. The molecule has 0 radical (unpaired) electrons. The summed E-state index contributed by atoms with van der Waals surface area (Å²) in [6.45, 7) is -0.177. The number of methoxy groups -OCH3 is 1. The lowest BCUT2D eigenvalue weighted by atomic mass is 10.3. The van der Waals surface area contributed by atoms with Crippen molar-refractivity contribution in [2.24, 2.45) is 0 Å². The Hall–Kier alpha value is -1.18. The number of carbonyl (C=O) groups excluding carboxylic acids is 2. The van der Waals surface area contributed by atoms with Gasteiger partial charge in [0.2, 0.25) is 5.91 Å². The van der Waals surface area contributed by atoms with Crippen LogP contribution in [0.2, 0.25) is 0 Å². The van der Waals surface area contributed by atoms with Crippen molar-refractivity contribution in [3.8, 4) is 0 Å². The minimum Gasteiger partial charge on any atom is -0.467 e. The van der Waals surface area contributed by atoms with Gasteiger partial charge in [0.05, 0.1) is 17.4 Å². The van der Waals surface area contributed by atoms with Crippen molar-refractivity contribution >= 4 is 45.2 Å². The molecule has 7 heteroatoms. The van der Waals surface area contributed by atoms with Crippen molar-refractivity contribution in [3.63, 3.8) is 0 Å². The molecule has 5 nitrogen and oxygen atoms in total. The molecule has 0 fully saturated rings. The largest absolute Gasteiger partial charge is 0.467 e. The van der Waals surface area contributed by atoms with Gasteiger partial charge >= 0.3 is 5.97 Å². The van der Waals surface area contributed by atoms with Gasteiger partial charge in [-0.1, -0.05) is 0 Å². The van der Waals surface area contributed by atoms with Crippen molar-refractivity contribution in [3.05, 3.63) is 26.9 Å². The minimum absolute atomic E-state index is 0.177. The molecule has 0 spiro atoms. The van der Waals surface area contributed by atoms with Gasteiger partial charge < -0.3 is 15.2 Å². The van der Waals surface area contributed by atoms with Crippen LogP contribution in [0.25, 0.3) is 6.08 Å². The zero-order valence-corrected chi connectivity index (χ0v) is 12.0. The van der Waals surface area contributed by atoms with E-state index in [-0.39, 0.29) is 12.5 Å². The van der Waals surface area contributed by atoms with Gasteiger partial charge in [-0.2, -0.15) is 0 Å². The molecule has 98 valence electrons. The highest BCUT2D eigenvalue weighted by Crippen LogP contribution is 2.22. The van der Waals surface area contributed by atoms with Gasteiger partial charge in [-0.25, -0.2) is 4.79 Å². The summed E-state index contributed by atoms with van der Waals surface area (Å²) in [6.07, 6.45) is 1.64. The second kappa shape index (κ2) is 7.30. The Morgan fingerprint density at radius 1 is 1.61 bits per heavy atom. The molecular formula is C11H12BrNO4S. The number of esters is 1. The maximum absolute atomic E-state index is 11.4. The first-order valence-electron chi connectivity index (χ1n) is 5.00. The van der Waals surface area contributed by atoms with Crippen LogP contribution in [0.5, 0.6) is 0 Å². The van der Waals surface area contributed by atoms with Gasteiger partial charge in [-0.3, -0.25) is 4.79 Å². The molecule has 0 saturated carbocycles. The fourth-order valence-corrected chi connectivity index (χ4v) is 2.38. The molecule has 1 rings (SSSR count). The lowest BCUT2D eigenvalue weighted by molar-refractivity contribution is -0.150. The van der Waals surface area contributed by atoms with Crippen LogP contribution in [0, 0.1) is 0 Å². The number of thiophene rings is 1. The Kier molecular flexibility index (Phi) is 6.03. The zero-order chi connectivity index (χ0) is 13.5. The quantitative estimate of drug-likeness (QED) is 0.626. The molecule has 1 heterocycles. The minimum atomic E-state index is -1.34. The number of aliphatic hydroxyl groups excluding tert-OH is 1. The molecule has 1 unspecified atom stereocenters. The SMILES string of the molecule is COC(=O)C(O)CNC(=O)/C=C/c1ccc(Br)s1. The van der Waals surface area contributed by atoms with E-state index in [0.29, 0.717) is 0 Å². The topological polar surface area (TPSA) is 75.6 Å². The van der Waals surface area contributed by atoms with Gasteiger partial charge in [0.25, 0.3) is 0 Å². The summed E-state index contributed by atoms with van der Waals surface area (Å²) in [5.41, 5.74) is 0. The first-order chi connectivity index (χ1) is 8.52. The van der Waals surface area contributed by atoms with E-state index in [9.17, 15) is 14.7 Å². The number of hydrogen-bond acceptors (Lipinski definition) is 5. The van der Waals surface area contributed by atoms with Crippen molar-refractivity contribution in [2.45, 2.75) is 6.10 Å². The highest BCUT2D eigenvalue weighted by Gasteiger charge is 2.15. The molecule has 18 heavy (non-hydrogen) atoms. The average molecular weight is 334 g/mol. The average Bonchev–Trinajstić information content (AvgIpc) is 2.78.